The minimum absolute atomic E-state index is 0.262. The molecule has 0 spiro atoms. The van der Waals surface area contributed by atoms with E-state index >= 15 is 0 Å². The molecule has 8 nitrogen and oxygen atoms in total. The van der Waals surface area contributed by atoms with Crippen LogP contribution in [-0.2, 0) is 4.79 Å². The van der Waals surface area contributed by atoms with Gasteiger partial charge in [-0.05, 0) is 60.5 Å². The standard InChI is InChI=1S/C36H30N2O6S/c1-24-32(35(40)44-28-16-10-5-11-17-28)33(26-12-6-3-7-13-26)38-34(39)31(45-36(38)37-24)23-25-18-19-29(30(22-25)41-2)43-21-20-42-27-14-8-4-9-15-27/h3-19,22-23,33H,20-21H2,1-2H3/b31-23-/t33-/m1/s1. The molecule has 0 unspecified atom stereocenters. The first-order valence-electron chi connectivity index (χ1n) is 14.4. The highest BCUT2D eigenvalue weighted by Crippen LogP contribution is 2.31. The molecular weight excluding hydrogens is 588 g/mol. The highest BCUT2D eigenvalue weighted by molar-refractivity contribution is 7.07. The summed E-state index contributed by atoms with van der Waals surface area (Å²) in [4.78, 5) is 32.7. The zero-order valence-corrected chi connectivity index (χ0v) is 25.5. The molecule has 1 aromatic heterocycles. The van der Waals surface area contributed by atoms with Crippen LogP contribution in [-0.4, -0.2) is 30.9 Å². The first-order chi connectivity index (χ1) is 22.0. The van der Waals surface area contributed by atoms with Gasteiger partial charge in [0, 0.05) is 0 Å². The minimum atomic E-state index is -0.704. The highest BCUT2D eigenvalue weighted by atomic mass is 32.1. The van der Waals surface area contributed by atoms with Gasteiger partial charge in [-0.15, -0.1) is 0 Å². The predicted octanol–water partition coefficient (Wildman–Crippen LogP) is 5.31. The summed E-state index contributed by atoms with van der Waals surface area (Å²) in [6.07, 6.45) is 1.79. The van der Waals surface area contributed by atoms with Crippen LogP contribution >= 0.6 is 11.3 Å². The summed E-state index contributed by atoms with van der Waals surface area (Å²) in [7, 11) is 1.57. The normalized spacial score (nSPS) is 14.4. The lowest BCUT2D eigenvalue weighted by atomic mass is 9.96. The second-order valence-corrected chi connectivity index (χ2v) is 11.1. The number of nitrogens with zero attached hydrogens (tertiary/aromatic N) is 2. The third-order valence-electron chi connectivity index (χ3n) is 7.15. The van der Waals surface area contributed by atoms with Gasteiger partial charge in [0.1, 0.15) is 24.7 Å². The van der Waals surface area contributed by atoms with Gasteiger partial charge >= 0.3 is 5.97 Å². The smallest absolute Gasteiger partial charge is 0.343 e. The van der Waals surface area contributed by atoms with Gasteiger partial charge in [0.2, 0.25) is 0 Å². The Morgan fingerprint density at radius 2 is 1.49 bits per heavy atom. The average molecular weight is 619 g/mol. The molecule has 0 N–H and O–H groups in total. The van der Waals surface area contributed by atoms with Gasteiger partial charge in [-0.2, -0.15) is 0 Å². The van der Waals surface area contributed by atoms with E-state index in [1.54, 1.807) is 55.0 Å². The Morgan fingerprint density at radius 1 is 0.844 bits per heavy atom. The molecule has 1 aliphatic heterocycles. The first kappa shape index (κ1) is 29.7. The molecule has 45 heavy (non-hydrogen) atoms. The van der Waals surface area contributed by atoms with Crippen molar-refractivity contribution >= 4 is 23.4 Å². The van der Waals surface area contributed by atoms with Gasteiger partial charge < -0.3 is 18.9 Å². The number of carbonyl (C=O) groups is 1. The Labute approximate surface area is 263 Å². The van der Waals surface area contributed by atoms with Crippen LogP contribution in [0, 0.1) is 0 Å². The van der Waals surface area contributed by atoms with Crippen LogP contribution < -0.4 is 33.8 Å². The average Bonchev–Trinajstić information content (AvgIpc) is 3.37. The fourth-order valence-electron chi connectivity index (χ4n) is 5.06. The summed E-state index contributed by atoms with van der Waals surface area (Å²) >= 11 is 1.26. The molecule has 1 atom stereocenters. The first-order valence-corrected chi connectivity index (χ1v) is 15.2. The van der Waals surface area contributed by atoms with E-state index in [1.165, 1.54) is 11.3 Å². The molecule has 0 bridgehead atoms. The highest BCUT2D eigenvalue weighted by Gasteiger charge is 2.33. The predicted molar refractivity (Wildman–Crippen MR) is 173 cm³/mol. The van der Waals surface area contributed by atoms with Crippen LogP contribution in [0.15, 0.2) is 130 Å². The summed E-state index contributed by atoms with van der Waals surface area (Å²) in [6, 6.07) is 32.6. The van der Waals surface area contributed by atoms with E-state index in [-0.39, 0.29) is 5.56 Å². The number of fused-ring (bicyclic) bond motifs is 1. The van der Waals surface area contributed by atoms with Crippen LogP contribution in [0.2, 0.25) is 0 Å². The zero-order valence-electron chi connectivity index (χ0n) is 24.7. The maximum Gasteiger partial charge on any atom is 0.343 e. The van der Waals surface area contributed by atoms with Gasteiger partial charge in [-0.1, -0.05) is 84.1 Å². The molecule has 0 fully saturated rings. The van der Waals surface area contributed by atoms with Crippen LogP contribution in [0.3, 0.4) is 0 Å². The number of aromatic nitrogens is 1. The fraction of sp³-hybridized carbons (Fsp3) is 0.139. The van der Waals surface area contributed by atoms with Crippen molar-refractivity contribution in [3.63, 3.8) is 0 Å². The SMILES string of the molecule is COc1cc(/C=c2\sc3n(c2=O)[C@H](c2ccccc2)C(C(=O)Oc2ccccc2)=C(C)N=3)ccc1OCCOc1ccccc1. The Bertz CT molecular complexity index is 2020. The number of rotatable bonds is 10. The second kappa shape index (κ2) is 13.5. The molecule has 0 radical (unpaired) electrons. The van der Waals surface area contributed by atoms with E-state index in [0.717, 1.165) is 16.9 Å². The largest absolute Gasteiger partial charge is 0.493 e. The molecule has 0 amide bonds. The summed E-state index contributed by atoms with van der Waals surface area (Å²) < 4.78 is 25.0. The van der Waals surface area contributed by atoms with E-state index in [2.05, 4.69) is 4.99 Å². The van der Waals surface area contributed by atoms with Gasteiger partial charge in [-0.3, -0.25) is 9.36 Å². The van der Waals surface area contributed by atoms with E-state index in [1.807, 2.05) is 78.9 Å². The monoisotopic (exact) mass is 618 g/mol. The van der Waals surface area contributed by atoms with Gasteiger partial charge in [0.15, 0.2) is 16.3 Å². The molecule has 4 aromatic carbocycles. The fourth-order valence-corrected chi connectivity index (χ4v) is 6.10. The van der Waals surface area contributed by atoms with Crippen molar-refractivity contribution < 1.29 is 23.7 Å². The summed E-state index contributed by atoms with van der Waals surface area (Å²) in [6.45, 7) is 2.47. The summed E-state index contributed by atoms with van der Waals surface area (Å²) in [5, 5.41) is 0. The van der Waals surface area contributed by atoms with Crippen molar-refractivity contribution in [3.8, 4) is 23.0 Å². The Hall–Kier alpha value is -5.41. The molecule has 6 rings (SSSR count). The van der Waals surface area contributed by atoms with Crippen LogP contribution in [0.1, 0.15) is 24.1 Å². The maximum absolute atomic E-state index is 14.0. The number of allylic oxidation sites excluding steroid dienone is 1. The van der Waals surface area contributed by atoms with E-state index in [4.69, 9.17) is 18.9 Å². The van der Waals surface area contributed by atoms with Crippen LogP contribution in [0.25, 0.3) is 6.08 Å². The van der Waals surface area contributed by atoms with Crippen molar-refractivity contribution in [1.29, 1.82) is 0 Å². The molecule has 0 aliphatic carbocycles. The summed E-state index contributed by atoms with van der Waals surface area (Å²) in [5.41, 5.74) is 2.07. The number of carbonyl (C=O) groups excluding carboxylic acids is 1. The minimum Gasteiger partial charge on any atom is -0.493 e. The third kappa shape index (κ3) is 6.58. The summed E-state index contributed by atoms with van der Waals surface area (Å²) in [5.74, 6) is 1.72. The number of esters is 1. The van der Waals surface area contributed by atoms with Crippen LogP contribution in [0.5, 0.6) is 23.0 Å². The molecule has 9 heteroatoms. The Balaban J connectivity index is 1.30. The van der Waals surface area contributed by atoms with Crippen molar-refractivity contribution in [2.45, 2.75) is 13.0 Å². The van der Waals surface area contributed by atoms with Crippen molar-refractivity contribution in [2.24, 2.45) is 4.99 Å². The Morgan fingerprint density at radius 3 is 2.18 bits per heavy atom. The van der Waals surface area contributed by atoms with E-state index in [9.17, 15) is 9.59 Å². The van der Waals surface area contributed by atoms with Crippen molar-refractivity contribution in [2.75, 3.05) is 20.3 Å². The number of thiazole rings is 1. The molecule has 5 aromatic rings. The van der Waals surface area contributed by atoms with Crippen molar-refractivity contribution in [3.05, 3.63) is 151 Å². The number of hydrogen-bond donors (Lipinski definition) is 0. The maximum atomic E-state index is 14.0. The quantitative estimate of drug-likeness (QED) is 0.120. The number of hydrogen-bond acceptors (Lipinski definition) is 8. The third-order valence-corrected chi connectivity index (χ3v) is 8.13. The lowest BCUT2D eigenvalue weighted by Gasteiger charge is -2.24. The molecule has 0 saturated heterocycles. The van der Waals surface area contributed by atoms with E-state index in [0.29, 0.717) is 51.1 Å². The second-order valence-electron chi connectivity index (χ2n) is 10.1. The van der Waals surface area contributed by atoms with Gasteiger partial charge in [0.05, 0.1) is 29.0 Å². The van der Waals surface area contributed by atoms with Crippen LogP contribution in [0.4, 0.5) is 0 Å². The molecule has 1 aliphatic rings. The molecule has 0 saturated carbocycles. The number of benzene rings is 4. The number of ether oxygens (including phenoxy) is 4. The lowest BCUT2D eigenvalue weighted by molar-refractivity contribution is -0.130. The zero-order chi connectivity index (χ0) is 31.2. The molecule has 226 valence electrons. The van der Waals surface area contributed by atoms with Gasteiger partial charge in [0.25, 0.3) is 5.56 Å². The number of para-hydroxylation sites is 2. The number of methoxy groups -OCH3 is 1. The topological polar surface area (TPSA) is 88.4 Å². The molecule has 2 heterocycles. The Kier molecular flexibility index (Phi) is 8.89. The lowest BCUT2D eigenvalue weighted by Crippen LogP contribution is -2.40. The van der Waals surface area contributed by atoms with Gasteiger partial charge in [-0.25, -0.2) is 9.79 Å². The molecular formula is C36H30N2O6S. The van der Waals surface area contributed by atoms with E-state index < -0.39 is 12.0 Å². The van der Waals surface area contributed by atoms with Crippen molar-refractivity contribution in [1.82, 2.24) is 4.57 Å².